The Hall–Kier alpha value is -1.46. The van der Waals surface area contributed by atoms with Crippen LogP contribution in [0, 0.1) is 0 Å². The van der Waals surface area contributed by atoms with Crippen molar-refractivity contribution in [2.24, 2.45) is 0 Å². The van der Waals surface area contributed by atoms with E-state index >= 15 is 0 Å². The second kappa shape index (κ2) is 6.54. The molecule has 0 aliphatic carbocycles. The summed E-state index contributed by atoms with van der Waals surface area (Å²) in [7, 11) is 4.92. The zero-order valence-electron chi connectivity index (χ0n) is 13.5. The number of benzene rings is 1. The molecular formula is C16H25NO4. The molecule has 5 heteroatoms. The zero-order valence-corrected chi connectivity index (χ0v) is 13.5. The molecule has 0 saturated carbocycles. The quantitative estimate of drug-likeness (QED) is 0.904. The van der Waals surface area contributed by atoms with Crippen molar-refractivity contribution in [1.29, 1.82) is 0 Å². The van der Waals surface area contributed by atoms with Crippen LogP contribution in [0.5, 0.6) is 17.2 Å². The van der Waals surface area contributed by atoms with Crippen molar-refractivity contribution in [1.82, 2.24) is 5.32 Å². The lowest BCUT2D eigenvalue weighted by Gasteiger charge is -2.39. The van der Waals surface area contributed by atoms with E-state index < -0.39 is 0 Å². The first-order chi connectivity index (χ1) is 10.1. The monoisotopic (exact) mass is 295 g/mol. The second-order valence-corrected chi connectivity index (χ2v) is 5.49. The first-order valence-corrected chi connectivity index (χ1v) is 7.25. The van der Waals surface area contributed by atoms with E-state index in [2.05, 4.69) is 19.2 Å². The molecule has 0 spiro atoms. The average molecular weight is 295 g/mol. The van der Waals surface area contributed by atoms with E-state index in [1.807, 2.05) is 12.1 Å². The average Bonchev–Trinajstić information content (AvgIpc) is 2.53. The lowest BCUT2D eigenvalue weighted by Crippen LogP contribution is -2.48. The summed E-state index contributed by atoms with van der Waals surface area (Å²) in [5.74, 6) is 2.14. The molecule has 5 nitrogen and oxygen atoms in total. The molecule has 118 valence electrons. The van der Waals surface area contributed by atoms with Gasteiger partial charge in [-0.1, -0.05) is 6.92 Å². The molecule has 0 amide bonds. The van der Waals surface area contributed by atoms with Crippen LogP contribution in [0.25, 0.3) is 0 Å². The number of ether oxygens (including phenoxy) is 4. The van der Waals surface area contributed by atoms with Crippen LogP contribution in [-0.4, -0.2) is 40.0 Å². The maximum atomic E-state index is 6.30. The van der Waals surface area contributed by atoms with Gasteiger partial charge in [-0.2, -0.15) is 0 Å². The maximum absolute atomic E-state index is 6.30. The summed E-state index contributed by atoms with van der Waals surface area (Å²) in [6.45, 7) is 5.83. The Bertz CT molecular complexity index is 466. The molecule has 1 aliphatic rings. The summed E-state index contributed by atoms with van der Waals surface area (Å²) >= 11 is 0. The molecule has 21 heavy (non-hydrogen) atoms. The topological polar surface area (TPSA) is 49.0 Å². The van der Waals surface area contributed by atoms with Gasteiger partial charge in [-0.3, -0.25) is 0 Å². The number of methoxy groups -OCH3 is 3. The predicted octanol–water partition coefficient (Wildman–Crippen LogP) is 2.54. The molecular weight excluding hydrogens is 270 g/mol. The molecule has 1 aromatic rings. The van der Waals surface area contributed by atoms with Gasteiger partial charge in [0.25, 0.3) is 0 Å². The van der Waals surface area contributed by atoms with Crippen molar-refractivity contribution in [3.63, 3.8) is 0 Å². The molecule has 1 heterocycles. The van der Waals surface area contributed by atoms with Crippen molar-refractivity contribution in [2.75, 3.05) is 34.4 Å². The summed E-state index contributed by atoms with van der Waals surface area (Å²) in [5, 5.41) is 3.44. The number of hydrogen-bond donors (Lipinski definition) is 1. The standard InChI is InChI=1S/C16H25NO4/c1-6-16(2)10-17-9-14(21-16)15-12(19-4)7-11(18-3)8-13(15)20-5/h7-8,14,17H,6,9-10H2,1-5H3. The minimum atomic E-state index is -0.182. The minimum absolute atomic E-state index is 0.112. The van der Waals surface area contributed by atoms with Gasteiger partial charge in [0.15, 0.2) is 0 Å². The van der Waals surface area contributed by atoms with Gasteiger partial charge in [0.2, 0.25) is 0 Å². The van der Waals surface area contributed by atoms with E-state index in [4.69, 9.17) is 18.9 Å². The van der Waals surface area contributed by atoms with Gasteiger partial charge in [-0.15, -0.1) is 0 Å². The van der Waals surface area contributed by atoms with E-state index in [9.17, 15) is 0 Å². The lowest BCUT2D eigenvalue weighted by molar-refractivity contribution is -0.110. The van der Waals surface area contributed by atoms with Crippen LogP contribution in [0.2, 0.25) is 0 Å². The van der Waals surface area contributed by atoms with E-state index in [0.717, 1.165) is 36.6 Å². The van der Waals surface area contributed by atoms with Crippen LogP contribution in [0.3, 0.4) is 0 Å². The van der Waals surface area contributed by atoms with E-state index in [0.29, 0.717) is 5.75 Å². The van der Waals surface area contributed by atoms with Crippen molar-refractivity contribution in [2.45, 2.75) is 32.0 Å². The third-order valence-electron chi connectivity index (χ3n) is 4.08. The first-order valence-electron chi connectivity index (χ1n) is 7.25. The molecule has 1 aliphatic heterocycles. The van der Waals surface area contributed by atoms with E-state index in [1.54, 1.807) is 21.3 Å². The van der Waals surface area contributed by atoms with Gasteiger partial charge in [-0.25, -0.2) is 0 Å². The summed E-state index contributed by atoms with van der Waals surface area (Å²) < 4.78 is 22.6. The Labute approximate surface area is 126 Å². The van der Waals surface area contributed by atoms with E-state index in [1.165, 1.54) is 0 Å². The molecule has 2 rings (SSSR count). The highest BCUT2D eigenvalue weighted by atomic mass is 16.5. The zero-order chi connectivity index (χ0) is 15.5. The summed E-state index contributed by atoms with van der Waals surface area (Å²) in [6.07, 6.45) is 0.830. The number of hydrogen-bond acceptors (Lipinski definition) is 5. The van der Waals surface area contributed by atoms with Crippen molar-refractivity contribution in [3.8, 4) is 17.2 Å². The van der Waals surface area contributed by atoms with Gasteiger partial charge in [0, 0.05) is 25.2 Å². The normalized spacial score (nSPS) is 25.5. The molecule has 0 aromatic heterocycles. The highest BCUT2D eigenvalue weighted by Crippen LogP contribution is 2.42. The fourth-order valence-corrected chi connectivity index (χ4v) is 2.61. The van der Waals surface area contributed by atoms with Crippen LogP contribution in [-0.2, 0) is 4.74 Å². The number of rotatable bonds is 5. The second-order valence-electron chi connectivity index (χ2n) is 5.49. The summed E-state index contributed by atoms with van der Waals surface area (Å²) in [5.41, 5.74) is 0.742. The summed E-state index contributed by atoms with van der Waals surface area (Å²) in [4.78, 5) is 0. The van der Waals surface area contributed by atoms with Crippen LogP contribution < -0.4 is 19.5 Å². The predicted molar refractivity (Wildman–Crippen MR) is 81.5 cm³/mol. The van der Waals surface area contributed by atoms with Crippen LogP contribution in [0.1, 0.15) is 31.9 Å². The third-order valence-corrected chi connectivity index (χ3v) is 4.08. The molecule has 1 saturated heterocycles. The summed E-state index contributed by atoms with van der Waals surface area (Å²) in [6, 6.07) is 3.72. The molecule has 1 N–H and O–H groups in total. The molecule has 2 atom stereocenters. The molecule has 1 aromatic carbocycles. The molecule has 2 unspecified atom stereocenters. The van der Waals surface area contributed by atoms with Crippen LogP contribution in [0.4, 0.5) is 0 Å². The maximum Gasteiger partial charge on any atom is 0.132 e. The minimum Gasteiger partial charge on any atom is -0.496 e. The van der Waals surface area contributed by atoms with Gasteiger partial charge in [0.1, 0.15) is 23.4 Å². The van der Waals surface area contributed by atoms with Crippen LogP contribution in [0.15, 0.2) is 12.1 Å². The molecule has 1 fully saturated rings. The SMILES string of the molecule is CCC1(C)CNCC(c2c(OC)cc(OC)cc2OC)O1. The van der Waals surface area contributed by atoms with Gasteiger partial charge in [0.05, 0.1) is 32.5 Å². The highest BCUT2D eigenvalue weighted by molar-refractivity contribution is 5.52. The Balaban J connectivity index is 2.42. The Morgan fingerprint density at radius 2 is 1.81 bits per heavy atom. The van der Waals surface area contributed by atoms with Gasteiger partial charge in [-0.05, 0) is 13.3 Å². The largest absolute Gasteiger partial charge is 0.496 e. The Morgan fingerprint density at radius 3 is 2.29 bits per heavy atom. The van der Waals surface area contributed by atoms with E-state index in [-0.39, 0.29) is 11.7 Å². The Kier molecular flexibility index (Phi) is 4.96. The number of nitrogens with one attached hydrogen (secondary N) is 1. The van der Waals surface area contributed by atoms with Crippen LogP contribution >= 0.6 is 0 Å². The fraction of sp³-hybridized carbons (Fsp3) is 0.625. The van der Waals surface area contributed by atoms with Gasteiger partial charge >= 0.3 is 0 Å². The van der Waals surface area contributed by atoms with Crippen molar-refractivity contribution in [3.05, 3.63) is 17.7 Å². The van der Waals surface area contributed by atoms with Crippen molar-refractivity contribution < 1.29 is 18.9 Å². The smallest absolute Gasteiger partial charge is 0.132 e. The fourth-order valence-electron chi connectivity index (χ4n) is 2.61. The molecule has 0 bridgehead atoms. The molecule has 0 radical (unpaired) electrons. The Morgan fingerprint density at radius 1 is 1.19 bits per heavy atom. The highest BCUT2D eigenvalue weighted by Gasteiger charge is 2.35. The number of morpholine rings is 1. The van der Waals surface area contributed by atoms with Crippen molar-refractivity contribution >= 4 is 0 Å². The lowest BCUT2D eigenvalue weighted by atomic mass is 9.97. The third kappa shape index (κ3) is 3.24. The first kappa shape index (κ1) is 15.9. The van der Waals surface area contributed by atoms with Gasteiger partial charge < -0.3 is 24.3 Å².